The maximum Gasteiger partial charge on any atom is 0.410 e. The lowest BCUT2D eigenvalue weighted by atomic mass is 10.2. The first-order valence-corrected chi connectivity index (χ1v) is 5.08. The number of nitrogens with zero attached hydrogens (tertiary/aromatic N) is 1. The minimum absolute atomic E-state index is 0.205. The second-order valence-electron chi connectivity index (χ2n) is 3.91. The van der Waals surface area contributed by atoms with Gasteiger partial charge in [-0.05, 0) is 12.8 Å². The van der Waals surface area contributed by atoms with E-state index in [1.54, 1.807) is 11.0 Å². The molecule has 1 N–H and O–H groups in total. The van der Waals surface area contributed by atoms with Crippen molar-refractivity contribution in [3.63, 3.8) is 0 Å². The second-order valence-corrected chi connectivity index (χ2v) is 3.91. The minimum Gasteiger partial charge on any atom is -0.445 e. The van der Waals surface area contributed by atoms with Gasteiger partial charge in [-0.1, -0.05) is 12.7 Å². The SMILES string of the molecule is C=CCOC(=O)N1CC2CCC(C1)N2. The molecular weight excluding hydrogens is 180 g/mol. The molecule has 4 nitrogen and oxygen atoms in total. The molecule has 2 fully saturated rings. The average Bonchev–Trinajstić information content (AvgIpc) is 2.54. The molecule has 2 rings (SSSR count). The summed E-state index contributed by atoms with van der Waals surface area (Å²) in [6.07, 6.45) is 3.74. The van der Waals surface area contributed by atoms with Gasteiger partial charge in [0.2, 0.25) is 0 Å². The Hall–Kier alpha value is -1.03. The number of rotatable bonds is 2. The Kier molecular flexibility index (Phi) is 2.72. The third kappa shape index (κ3) is 1.90. The lowest BCUT2D eigenvalue weighted by Gasteiger charge is -2.31. The summed E-state index contributed by atoms with van der Waals surface area (Å²) < 4.78 is 5.00. The third-order valence-corrected chi connectivity index (χ3v) is 2.80. The molecule has 2 atom stereocenters. The molecule has 0 aromatic carbocycles. The molecular formula is C10H16N2O2. The van der Waals surface area contributed by atoms with Gasteiger partial charge in [0.1, 0.15) is 6.61 Å². The van der Waals surface area contributed by atoms with E-state index in [0.29, 0.717) is 18.7 Å². The first-order chi connectivity index (χ1) is 6.79. The highest BCUT2D eigenvalue weighted by Gasteiger charge is 2.34. The summed E-state index contributed by atoms with van der Waals surface area (Å²) in [5.74, 6) is 0. The van der Waals surface area contributed by atoms with Crippen LogP contribution in [0.4, 0.5) is 4.79 Å². The van der Waals surface area contributed by atoms with Gasteiger partial charge in [0, 0.05) is 25.2 Å². The summed E-state index contributed by atoms with van der Waals surface area (Å²) in [4.78, 5) is 13.3. The average molecular weight is 196 g/mol. The van der Waals surface area contributed by atoms with E-state index >= 15 is 0 Å². The van der Waals surface area contributed by atoms with Crippen molar-refractivity contribution in [2.75, 3.05) is 19.7 Å². The molecule has 4 heteroatoms. The number of ether oxygens (including phenoxy) is 1. The van der Waals surface area contributed by atoms with E-state index in [0.717, 1.165) is 13.1 Å². The standard InChI is InChI=1S/C10H16N2O2/c1-2-5-14-10(13)12-6-8-3-4-9(7-12)11-8/h2,8-9,11H,1,3-7H2. The van der Waals surface area contributed by atoms with Gasteiger partial charge in [-0.15, -0.1) is 0 Å². The zero-order valence-corrected chi connectivity index (χ0v) is 8.24. The molecule has 0 spiro atoms. The zero-order chi connectivity index (χ0) is 9.97. The van der Waals surface area contributed by atoms with Crippen molar-refractivity contribution in [1.29, 1.82) is 0 Å². The summed E-state index contributed by atoms with van der Waals surface area (Å²) in [6, 6.07) is 0.954. The van der Waals surface area contributed by atoms with Gasteiger partial charge in [0.15, 0.2) is 0 Å². The largest absolute Gasteiger partial charge is 0.445 e. The van der Waals surface area contributed by atoms with Gasteiger partial charge in [-0.25, -0.2) is 4.79 Å². The molecule has 2 bridgehead atoms. The summed E-state index contributed by atoms with van der Waals surface area (Å²) in [5.41, 5.74) is 0. The van der Waals surface area contributed by atoms with Crippen LogP contribution >= 0.6 is 0 Å². The molecule has 0 saturated carbocycles. The molecule has 2 aliphatic heterocycles. The molecule has 2 aliphatic rings. The molecule has 2 unspecified atom stereocenters. The van der Waals surface area contributed by atoms with Crippen LogP contribution in [0.2, 0.25) is 0 Å². The van der Waals surface area contributed by atoms with Crippen molar-refractivity contribution >= 4 is 6.09 Å². The number of piperazine rings is 1. The van der Waals surface area contributed by atoms with Crippen molar-refractivity contribution in [3.05, 3.63) is 12.7 Å². The molecule has 0 aromatic rings. The first-order valence-electron chi connectivity index (χ1n) is 5.08. The maximum absolute atomic E-state index is 11.5. The highest BCUT2D eigenvalue weighted by Crippen LogP contribution is 2.20. The molecule has 14 heavy (non-hydrogen) atoms. The first kappa shape index (κ1) is 9.52. The van der Waals surface area contributed by atoms with E-state index in [2.05, 4.69) is 11.9 Å². The normalized spacial score (nSPS) is 30.1. The number of amides is 1. The number of likely N-dealkylation sites (tertiary alicyclic amines) is 1. The van der Waals surface area contributed by atoms with E-state index in [1.807, 2.05) is 0 Å². The van der Waals surface area contributed by atoms with Crippen LogP contribution < -0.4 is 5.32 Å². The summed E-state index contributed by atoms with van der Waals surface area (Å²) in [5, 5.41) is 3.46. The molecule has 0 aromatic heterocycles. The van der Waals surface area contributed by atoms with Crippen molar-refractivity contribution in [1.82, 2.24) is 10.2 Å². The molecule has 2 heterocycles. The molecule has 1 amide bonds. The predicted octanol–water partition coefficient (Wildman–Crippen LogP) is 0.745. The Balaban J connectivity index is 1.86. The van der Waals surface area contributed by atoms with Gasteiger partial charge in [-0.3, -0.25) is 0 Å². The smallest absolute Gasteiger partial charge is 0.410 e. The Morgan fingerprint density at radius 2 is 2.14 bits per heavy atom. The highest BCUT2D eigenvalue weighted by atomic mass is 16.6. The van der Waals surface area contributed by atoms with Gasteiger partial charge >= 0.3 is 6.09 Å². The number of hydrogen-bond acceptors (Lipinski definition) is 3. The van der Waals surface area contributed by atoms with Gasteiger partial charge in [0.05, 0.1) is 0 Å². The van der Waals surface area contributed by atoms with Crippen LogP contribution in [0.5, 0.6) is 0 Å². The van der Waals surface area contributed by atoms with Crippen molar-refractivity contribution in [3.8, 4) is 0 Å². The van der Waals surface area contributed by atoms with Crippen molar-refractivity contribution in [2.45, 2.75) is 24.9 Å². The lowest BCUT2D eigenvalue weighted by molar-refractivity contribution is 0.0982. The summed E-state index contributed by atoms with van der Waals surface area (Å²) in [7, 11) is 0. The molecule has 0 radical (unpaired) electrons. The van der Waals surface area contributed by atoms with E-state index < -0.39 is 0 Å². The Morgan fingerprint density at radius 1 is 1.50 bits per heavy atom. The fraction of sp³-hybridized carbons (Fsp3) is 0.700. The number of carbonyl (C=O) groups excluding carboxylic acids is 1. The predicted molar refractivity (Wildman–Crippen MR) is 53.1 cm³/mol. The van der Waals surface area contributed by atoms with Crippen LogP contribution in [0, 0.1) is 0 Å². The van der Waals surface area contributed by atoms with Crippen LogP contribution in [0.25, 0.3) is 0 Å². The van der Waals surface area contributed by atoms with E-state index in [9.17, 15) is 4.79 Å². The molecule has 2 saturated heterocycles. The minimum atomic E-state index is -0.205. The van der Waals surface area contributed by atoms with Gasteiger partial charge in [0.25, 0.3) is 0 Å². The van der Waals surface area contributed by atoms with E-state index in [1.165, 1.54) is 12.8 Å². The van der Waals surface area contributed by atoms with Crippen LogP contribution in [-0.4, -0.2) is 42.8 Å². The van der Waals surface area contributed by atoms with Crippen LogP contribution in [-0.2, 0) is 4.74 Å². The monoisotopic (exact) mass is 196 g/mol. The Labute approximate surface area is 83.9 Å². The second kappa shape index (κ2) is 4.00. The Morgan fingerprint density at radius 3 is 2.71 bits per heavy atom. The Bertz CT molecular complexity index is 230. The van der Waals surface area contributed by atoms with Crippen molar-refractivity contribution in [2.24, 2.45) is 0 Å². The summed E-state index contributed by atoms with van der Waals surface area (Å²) in [6.45, 7) is 5.38. The highest BCUT2D eigenvalue weighted by molar-refractivity contribution is 5.68. The lowest BCUT2D eigenvalue weighted by Crippen LogP contribution is -2.53. The van der Waals surface area contributed by atoms with Crippen LogP contribution in [0.3, 0.4) is 0 Å². The number of nitrogens with one attached hydrogen (secondary N) is 1. The number of carbonyl (C=O) groups is 1. The van der Waals surface area contributed by atoms with E-state index in [-0.39, 0.29) is 6.09 Å². The van der Waals surface area contributed by atoms with Gasteiger partial charge < -0.3 is 15.0 Å². The third-order valence-electron chi connectivity index (χ3n) is 2.80. The van der Waals surface area contributed by atoms with Crippen LogP contribution in [0.15, 0.2) is 12.7 Å². The maximum atomic E-state index is 11.5. The van der Waals surface area contributed by atoms with E-state index in [4.69, 9.17) is 4.74 Å². The quantitative estimate of drug-likeness (QED) is 0.662. The topological polar surface area (TPSA) is 41.6 Å². The number of fused-ring (bicyclic) bond motifs is 2. The fourth-order valence-corrected chi connectivity index (χ4v) is 2.17. The number of hydrogen-bond donors (Lipinski definition) is 1. The zero-order valence-electron chi connectivity index (χ0n) is 8.24. The fourth-order valence-electron chi connectivity index (χ4n) is 2.17. The van der Waals surface area contributed by atoms with Crippen LogP contribution in [0.1, 0.15) is 12.8 Å². The molecule has 78 valence electrons. The van der Waals surface area contributed by atoms with Crippen molar-refractivity contribution < 1.29 is 9.53 Å². The summed E-state index contributed by atoms with van der Waals surface area (Å²) >= 11 is 0. The molecule has 0 aliphatic carbocycles. The van der Waals surface area contributed by atoms with Gasteiger partial charge in [-0.2, -0.15) is 0 Å².